The summed E-state index contributed by atoms with van der Waals surface area (Å²) in [6.07, 6.45) is 101. The van der Waals surface area contributed by atoms with Gasteiger partial charge in [-0.15, -0.1) is 0 Å². The number of ether oxygens (including phenoxy) is 2. The molecule has 2 atom stereocenters. The summed E-state index contributed by atoms with van der Waals surface area (Å²) in [6, 6.07) is 0. The fourth-order valence-electron chi connectivity index (χ4n) is 10.1. The molecule has 0 rings (SSSR count). The van der Waals surface area contributed by atoms with Gasteiger partial charge in [0, 0.05) is 12.8 Å². The van der Waals surface area contributed by atoms with Gasteiger partial charge < -0.3 is 27.9 Å². The second kappa shape index (κ2) is 69.5. The second-order valence-corrected chi connectivity index (χ2v) is 27.0. The summed E-state index contributed by atoms with van der Waals surface area (Å²) in [5.74, 6) is -0.828. The molecule has 0 aromatic heterocycles. The average molecular weight is 1270 g/mol. The molecule has 0 amide bonds. The largest absolute Gasteiger partial charge is 0.756 e. The molecule has 0 aliphatic carbocycles. The normalized spacial score (nSPS) is 13.9. The number of carbonyl (C=O) groups is 2. The number of phosphoric ester groups is 1. The van der Waals surface area contributed by atoms with Crippen LogP contribution in [0, 0.1) is 0 Å². The minimum absolute atomic E-state index is 0.0345. The van der Waals surface area contributed by atoms with Gasteiger partial charge in [-0.25, -0.2) is 0 Å². The van der Waals surface area contributed by atoms with Crippen LogP contribution in [0.4, 0.5) is 0 Å². The minimum atomic E-state index is -4.65. The molecule has 90 heavy (non-hydrogen) atoms. The van der Waals surface area contributed by atoms with Crippen LogP contribution in [0.3, 0.4) is 0 Å². The number of quaternary nitrogens is 1. The van der Waals surface area contributed by atoms with Crippen LogP contribution in [-0.2, 0) is 32.7 Å². The molecule has 10 heteroatoms. The number of nitrogens with zero attached hydrogens (tertiary/aromatic N) is 1. The molecule has 0 aromatic rings. The van der Waals surface area contributed by atoms with Crippen LogP contribution in [0.2, 0.25) is 0 Å². The Morgan fingerprint density at radius 2 is 0.600 bits per heavy atom. The van der Waals surface area contributed by atoms with Crippen LogP contribution in [0.15, 0.2) is 134 Å². The second-order valence-electron chi connectivity index (χ2n) is 25.5. The topological polar surface area (TPSA) is 111 Å². The first-order chi connectivity index (χ1) is 44.0. The zero-order valence-corrected chi connectivity index (χ0v) is 59.7. The van der Waals surface area contributed by atoms with Crippen molar-refractivity contribution in [1.82, 2.24) is 0 Å². The molecule has 0 saturated carbocycles. The van der Waals surface area contributed by atoms with Crippen molar-refractivity contribution >= 4 is 19.8 Å². The maximum atomic E-state index is 12.9. The van der Waals surface area contributed by atoms with Gasteiger partial charge in [-0.3, -0.25) is 14.2 Å². The molecular formula is C80H138NO8P. The van der Waals surface area contributed by atoms with E-state index in [-0.39, 0.29) is 32.0 Å². The van der Waals surface area contributed by atoms with E-state index >= 15 is 0 Å². The standard InChI is InChI=1S/C80H138NO8P/c1-6-8-10-12-14-16-18-20-22-24-26-28-30-32-34-36-37-38-39-40-41-42-43-45-47-49-51-53-55-57-59-61-63-65-67-69-71-73-80(83)89-78(77-88-90(84,85)87-75-74-81(3,4)5)76-86-79(82)72-70-68-66-64-62-60-58-56-54-52-50-48-46-44-35-33-31-29-27-25-23-21-19-17-15-13-11-9-7-2/h8-11,14-17,20-23,26-29,32,34,37-38,40-41,78H,6-7,12-13,18-19,24-25,30-31,33,35-36,39,42-77H2,1-5H3/b10-8-,11-9-,16-14-,17-15-,22-20-,23-21-,28-26-,29-27-,34-32-,38-37-,41-40-. The van der Waals surface area contributed by atoms with Crippen molar-refractivity contribution in [2.24, 2.45) is 0 Å². The van der Waals surface area contributed by atoms with Crippen LogP contribution < -0.4 is 4.89 Å². The lowest BCUT2D eigenvalue weighted by Gasteiger charge is -2.28. The summed E-state index contributed by atoms with van der Waals surface area (Å²) < 4.78 is 34.4. The Morgan fingerprint density at radius 3 is 0.889 bits per heavy atom. The third kappa shape index (κ3) is 73.2. The molecule has 0 bridgehead atoms. The summed E-state index contributed by atoms with van der Waals surface area (Å²) in [5, 5.41) is 0. The van der Waals surface area contributed by atoms with Crippen molar-refractivity contribution in [3.05, 3.63) is 134 Å². The molecule has 0 aliphatic rings. The number of esters is 2. The summed E-state index contributed by atoms with van der Waals surface area (Å²) in [6.45, 7) is 4.04. The fourth-order valence-corrected chi connectivity index (χ4v) is 10.8. The molecule has 0 saturated heterocycles. The van der Waals surface area contributed by atoms with Crippen molar-refractivity contribution < 1.29 is 42.1 Å². The number of hydrogen-bond acceptors (Lipinski definition) is 8. The molecule has 0 aliphatic heterocycles. The van der Waals surface area contributed by atoms with Gasteiger partial charge in [0.2, 0.25) is 0 Å². The van der Waals surface area contributed by atoms with Gasteiger partial charge in [0.1, 0.15) is 19.8 Å². The molecule has 0 radical (unpaired) electrons. The summed E-state index contributed by atoms with van der Waals surface area (Å²) in [7, 11) is 1.16. The Kier molecular flexibility index (Phi) is 66.5. The Balaban J connectivity index is 4.02. The number of phosphoric acid groups is 1. The van der Waals surface area contributed by atoms with Crippen LogP contribution in [0.5, 0.6) is 0 Å². The first kappa shape index (κ1) is 86.2. The number of likely N-dealkylation sites (N-methyl/N-ethyl adjacent to an activating group) is 1. The average Bonchev–Trinajstić information content (AvgIpc) is 3.58. The summed E-state index contributed by atoms with van der Waals surface area (Å²) in [4.78, 5) is 38.1. The molecular weight excluding hydrogens is 1130 g/mol. The lowest BCUT2D eigenvalue weighted by Crippen LogP contribution is -2.37. The van der Waals surface area contributed by atoms with E-state index < -0.39 is 26.5 Å². The monoisotopic (exact) mass is 1270 g/mol. The van der Waals surface area contributed by atoms with Gasteiger partial charge >= 0.3 is 11.9 Å². The van der Waals surface area contributed by atoms with E-state index in [1.54, 1.807) is 0 Å². The first-order valence-corrected chi connectivity index (χ1v) is 38.4. The van der Waals surface area contributed by atoms with Crippen molar-refractivity contribution in [3.63, 3.8) is 0 Å². The number of unbranched alkanes of at least 4 members (excludes halogenated alkanes) is 31. The smallest absolute Gasteiger partial charge is 0.306 e. The van der Waals surface area contributed by atoms with E-state index in [1.165, 1.54) is 167 Å². The maximum Gasteiger partial charge on any atom is 0.306 e. The van der Waals surface area contributed by atoms with E-state index in [0.29, 0.717) is 17.4 Å². The van der Waals surface area contributed by atoms with Gasteiger partial charge in [0.15, 0.2) is 6.10 Å². The summed E-state index contributed by atoms with van der Waals surface area (Å²) >= 11 is 0. The zero-order valence-electron chi connectivity index (χ0n) is 58.8. The molecule has 0 heterocycles. The van der Waals surface area contributed by atoms with Crippen LogP contribution in [-0.4, -0.2) is 70.0 Å². The highest BCUT2D eigenvalue weighted by Gasteiger charge is 2.22. The molecule has 9 nitrogen and oxygen atoms in total. The molecule has 516 valence electrons. The van der Waals surface area contributed by atoms with E-state index in [4.69, 9.17) is 18.5 Å². The Morgan fingerprint density at radius 1 is 0.344 bits per heavy atom. The first-order valence-electron chi connectivity index (χ1n) is 36.9. The van der Waals surface area contributed by atoms with Gasteiger partial charge in [-0.05, 0) is 109 Å². The maximum absolute atomic E-state index is 12.9. The van der Waals surface area contributed by atoms with E-state index in [9.17, 15) is 19.0 Å². The molecule has 0 spiro atoms. The number of hydrogen-bond donors (Lipinski definition) is 0. The third-order valence-corrected chi connectivity index (χ3v) is 16.6. The predicted molar refractivity (Wildman–Crippen MR) is 388 cm³/mol. The minimum Gasteiger partial charge on any atom is -0.756 e. The van der Waals surface area contributed by atoms with Crippen LogP contribution in [0.1, 0.15) is 309 Å². The Labute approximate surface area is 555 Å². The van der Waals surface area contributed by atoms with Gasteiger partial charge in [0.25, 0.3) is 7.82 Å². The van der Waals surface area contributed by atoms with E-state index in [1.807, 2.05) is 21.1 Å². The van der Waals surface area contributed by atoms with Crippen molar-refractivity contribution in [2.45, 2.75) is 315 Å². The van der Waals surface area contributed by atoms with Crippen molar-refractivity contribution in [3.8, 4) is 0 Å². The zero-order chi connectivity index (χ0) is 65.5. The lowest BCUT2D eigenvalue weighted by atomic mass is 10.0. The van der Waals surface area contributed by atoms with Crippen LogP contribution in [0.25, 0.3) is 0 Å². The van der Waals surface area contributed by atoms with Gasteiger partial charge in [-0.1, -0.05) is 321 Å². The van der Waals surface area contributed by atoms with Gasteiger partial charge in [0.05, 0.1) is 27.7 Å². The van der Waals surface area contributed by atoms with E-state index in [2.05, 4.69) is 148 Å². The highest BCUT2D eigenvalue weighted by atomic mass is 31.2. The quantitative estimate of drug-likeness (QED) is 0.0195. The number of allylic oxidation sites excluding steroid dienone is 22. The van der Waals surface area contributed by atoms with Gasteiger partial charge in [-0.2, -0.15) is 0 Å². The SMILES string of the molecule is CC/C=C\C/C=C\C/C=C\C/C=C\C/C=C\C/C=C\C/C=C\CCCCCCCCCCCCCCCCCC(=O)OC(COC(=O)CCCCCCCCCCCCCCCCCC/C=C\C/C=C\C/C=C\C/C=C\CC)COP(=O)([O-])OCC[N+](C)(C)C. The molecule has 0 aromatic carbocycles. The molecule has 0 N–H and O–H groups in total. The highest BCUT2D eigenvalue weighted by Crippen LogP contribution is 2.38. The lowest BCUT2D eigenvalue weighted by molar-refractivity contribution is -0.870. The number of rotatable bonds is 67. The fraction of sp³-hybridized carbons (Fsp3) is 0.700. The van der Waals surface area contributed by atoms with E-state index in [0.717, 1.165) is 109 Å². The Hall–Kier alpha value is -3.85. The summed E-state index contributed by atoms with van der Waals surface area (Å²) in [5.41, 5.74) is 0. The molecule has 2 unspecified atom stereocenters. The van der Waals surface area contributed by atoms with Crippen LogP contribution >= 0.6 is 7.82 Å². The number of carbonyl (C=O) groups excluding carboxylic acids is 2. The van der Waals surface area contributed by atoms with Crippen molar-refractivity contribution in [2.75, 3.05) is 47.5 Å². The Bertz CT molecular complexity index is 1980. The molecule has 0 fully saturated rings. The van der Waals surface area contributed by atoms with Crippen molar-refractivity contribution in [1.29, 1.82) is 0 Å². The predicted octanol–water partition coefficient (Wildman–Crippen LogP) is 23.8. The third-order valence-electron chi connectivity index (χ3n) is 15.7. The highest BCUT2D eigenvalue weighted by molar-refractivity contribution is 7.45.